The van der Waals surface area contributed by atoms with E-state index in [1.165, 1.54) is 33.4 Å². The Balaban J connectivity index is 2.26. The first-order valence-corrected chi connectivity index (χ1v) is 6.55. The minimum absolute atomic E-state index is 0.558. The predicted octanol–water partition coefficient (Wildman–Crippen LogP) is 4.29. The summed E-state index contributed by atoms with van der Waals surface area (Å²) in [4.78, 5) is 0. The van der Waals surface area contributed by atoms with E-state index in [1.807, 2.05) is 0 Å². The Kier molecular flexibility index (Phi) is 2.94. The summed E-state index contributed by atoms with van der Waals surface area (Å²) in [5.74, 6) is 0. The molecule has 1 aliphatic carbocycles. The molecule has 84 valence electrons. The van der Waals surface area contributed by atoms with Crippen LogP contribution in [0, 0.1) is 6.92 Å². The van der Waals surface area contributed by atoms with E-state index in [9.17, 15) is 0 Å². The number of aryl methyl sites for hydroxylation is 1. The zero-order valence-corrected chi connectivity index (χ0v) is 11.2. The van der Waals surface area contributed by atoms with Gasteiger partial charge in [-0.05, 0) is 0 Å². The van der Waals surface area contributed by atoms with Crippen molar-refractivity contribution in [3.05, 3.63) is 64.7 Å². The number of rotatable bonds is 1. The Morgan fingerprint density at radius 2 is 1.72 bits per heavy atom. The Bertz CT molecular complexity index is 624. The molecule has 0 nitrogen and oxygen atoms in total. The SMILES string of the molecule is [Li][CH]1C(C)=Cc2c(-c3ccccc3)cc(C)cc21. The molecular formula is C17H15Li. The Morgan fingerprint density at radius 3 is 2.44 bits per heavy atom. The molecule has 0 N–H and O–H groups in total. The maximum absolute atomic E-state index is 2.35. The second-order valence-corrected chi connectivity index (χ2v) is 5.29. The molecule has 0 amide bonds. The molecule has 0 heterocycles. The van der Waals surface area contributed by atoms with Crippen molar-refractivity contribution in [2.24, 2.45) is 0 Å². The molecule has 2 aromatic rings. The molecule has 0 fully saturated rings. The van der Waals surface area contributed by atoms with E-state index in [0.717, 1.165) is 0 Å². The zero-order chi connectivity index (χ0) is 12.7. The second-order valence-electron chi connectivity index (χ2n) is 5.29. The zero-order valence-electron chi connectivity index (χ0n) is 11.2. The Morgan fingerprint density at radius 1 is 1.00 bits per heavy atom. The van der Waals surface area contributed by atoms with Crippen molar-refractivity contribution in [2.45, 2.75) is 18.4 Å². The molecule has 18 heavy (non-hydrogen) atoms. The average Bonchev–Trinajstić information content (AvgIpc) is 2.66. The van der Waals surface area contributed by atoms with Crippen molar-refractivity contribution in [3.63, 3.8) is 0 Å². The summed E-state index contributed by atoms with van der Waals surface area (Å²) in [7, 11) is 0. The molecule has 0 bridgehead atoms. The summed E-state index contributed by atoms with van der Waals surface area (Å²) in [6.45, 7) is 4.42. The van der Waals surface area contributed by atoms with Gasteiger partial charge in [0.05, 0.1) is 0 Å². The van der Waals surface area contributed by atoms with Crippen molar-refractivity contribution < 1.29 is 0 Å². The fourth-order valence-electron chi connectivity index (χ4n) is 2.80. The van der Waals surface area contributed by atoms with Crippen LogP contribution in [0.1, 0.15) is 28.2 Å². The first kappa shape index (κ1) is 11.8. The molecule has 0 spiro atoms. The van der Waals surface area contributed by atoms with E-state index in [1.54, 1.807) is 0 Å². The maximum atomic E-state index is 2.35. The van der Waals surface area contributed by atoms with E-state index >= 15 is 0 Å². The van der Waals surface area contributed by atoms with Gasteiger partial charge in [0.25, 0.3) is 0 Å². The monoisotopic (exact) mass is 226 g/mol. The van der Waals surface area contributed by atoms with Gasteiger partial charge in [-0.2, -0.15) is 0 Å². The van der Waals surface area contributed by atoms with E-state index in [0.29, 0.717) is 4.59 Å². The normalized spacial score (nSPS) is 17.6. The van der Waals surface area contributed by atoms with E-state index in [4.69, 9.17) is 0 Å². The quantitative estimate of drug-likeness (QED) is 0.636. The predicted molar refractivity (Wildman–Crippen MR) is 78.8 cm³/mol. The molecule has 1 heteroatoms. The molecule has 1 aliphatic rings. The third kappa shape index (κ3) is 1.87. The van der Waals surface area contributed by atoms with Gasteiger partial charge in [-0.1, -0.05) is 0 Å². The third-order valence-corrected chi connectivity index (χ3v) is 3.96. The summed E-state index contributed by atoms with van der Waals surface area (Å²) in [6.07, 6.45) is 2.35. The molecule has 1 atom stereocenters. The summed E-state index contributed by atoms with van der Waals surface area (Å²) >= 11 is 2.30. The van der Waals surface area contributed by atoms with Gasteiger partial charge in [0.2, 0.25) is 0 Å². The average molecular weight is 226 g/mol. The molecule has 2 aromatic carbocycles. The van der Waals surface area contributed by atoms with Crippen LogP contribution < -0.4 is 0 Å². The number of hydrogen-bond donors (Lipinski definition) is 0. The van der Waals surface area contributed by atoms with Gasteiger partial charge in [0, 0.05) is 0 Å². The van der Waals surface area contributed by atoms with E-state index < -0.39 is 0 Å². The van der Waals surface area contributed by atoms with Crippen LogP contribution in [0.5, 0.6) is 0 Å². The second kappa shape index (κ2) is 4.47. The molecule has 1 unspecified atom stereocenters. The molecule has 3 rings (SSSR count). The van der Waals surface area contributed by atoms with Gasteiger partial charge >= 0.3 is 118 Å². The van der Waals surface area contributed by atoms with Gasteiger partial charge in [0.15, 0.2) is 0 Å². The molecule has 0 aliphatic heterocycles. The Hall–Kier alpha value is -1.22. The molecular weight excluding hydrogens is 211 g/mol. The number of benzene rings is 2. The third-order valence-electron chi connectivity index (χ3n) is 3.96. The Labute approximate surface area is 118 Å². The number of fused-ring (bicyclic) bond motifs is 1. The van der Waals surface area contributed by atoms with Crippen molar-refractivity contribution >= 4 is 23.8 Å². The van der Waals surface area contributed by atoms with Gasteiger partial charge < -0.3 is 0 Å². The van der Waals surface area contributed by atoms with Crippen molar-refractivity contribution in [3.8, 4) is 11.1 Å². The fourth-order valence-corrected chi connectivity index (χ4v) is 2.80. The molecule has 0 saturated carbocycles. The summed E-state index contributed by atoms with van der Waals surface area (Å²) in [5, 5.41) is 0. The first-order valence-electron chi connectivity index (χ1n) is 6.55. The van der Waals surface area contributed by atoms with Crippen LogP contribution in [0.3, 0.4) is 0 Å². The summed E-state index contributed by atoms with van der Waals surface area (Å²) in [5.41, 5.74) is 8.39. The molecule has 0 radical (unpaired) electrons. The van der Waals surface area contributed by atoms with Crippen LogP contribution in [0.25, 0.3) is 17.2 Å². The van der Waals surface area contributed by atoms with Crippen LogP contribution in [-0.2, 0) is 0 Å². The van der Waals surface area contributed by atoms with E-state index in [2.05, 4.69) is 80.1 Å². The number of allylic oxidation sites excluding steroid dienone is 1. The number of hydrogen-bond acceptors (Lipinski definition) is 0. The standard InChI is InChI=1S/C17H15.Li/c1-12-8-15-9-13(2)11-17(15)16(10-12)14-6-4-3-5-7-14;/h3-11H,1-2H3;. The van der Waals surface area contributed by atoms with Gasteiger partial charge in [-0.3, -0.25) is 0 Å². The van der Waals surface area contributed by atoms with Crippen molar-refractivity contribution in [2.75, 3.05) is 0 Å². The van der Waals surface area contributed by atoms with Crippen molar-refractivity contribution in [1.82, 2.24) is 0 Å². The van der Waals surface area contributed by atoms with E-state index in [-0.39, 0.29) is 0 Å². The van der Waals surface area contributed by atoms with Gasteiger partial charge in [0.1, 0.15) is 0 Å². The summed E-state index contributed by atoms with van der Waals surface area (Å²) < 4.78 is 0.558. The van der Waals surface area contributed by atoms with Gasteiger partial charge in [-0.15, -0.1) is 0 Å². The summed E-state index contributed by atoms with van der Waals surface area (Å²) in [6, 6.07) is 15.3. The van der Waals surface area contributed by atoms with Crippen LogP contribution in [-0.4, -0.2) is 17.7 Å². The minimum atomic E-state index is 0.558. The topological polar surface area (TPSA) is 0 Å². The van der Waals surface area contributed by atoms with Crippen LogP contribution in [0.2, 0.25) is 0 Å². The van der Waals surface area contributed by atoms with Crippen LogP contribution in [0.15, 0.2) is 48.0 Å². The van der Waals surface area contributed by atoms with Gasteiger partial charge in [-0.25, -0.2) is 0 Å². The van der Waals surface area contributed by atoms with Crippen LogP contribution in [0.4, 0.5) is 0 Å². The van der Waals surface area contributed by atoms with Crippen molar-refractivity contribution in [1.29, 1.82) is 0 Å². The molecule has 0 aromatic heterocycles. The molecule has 0 saturated heterocycles. The van der Waals surface area contributed by atoms with Crippen LogP contribution >= 0.6 is 0 Å². The first-order chi connectivity index (χ1) is 8.66. The fraction of sp³-hybridized carbons (Fsp3) is 0.176.